The molecule has 178 valence electrons. The number of hydrogen-bond donors (Lipinski definition) is 2. The highest BCUT2D eigenvalue weighted by molar-refractivity contribution is 7.13. The van der Waals surface area contributed by atoms with E-state index in [9.17, 15) is 4.79 Å². The van der Waals surface area contributed by atoms with Crippen LogP contribution in [0.5, 0.6) is 0 Å². The molecule has 36 heavy (non-hydrogen) atoms. The molecule has 6 nitrogen and oxygen atoms in total. The summed E-state index contributed by atoms with van der Waals surface area (Å²) in [4.78, 5) is 26.6. The van der Waals surface area contributed by atoms with E-state index in [-0.39, 0.29) is 5.91 Å². The van der Waals surface area contributed by atoms with E-state index in [1.807, 2.05) is 79.0 Å². The Bertz CT molecular complexity index is 1510. The minimum absolute atomic E-state index is 0.159. The molecule has 1 amide bonds. The van der Waals surface area contributed by atoms with Crippen LogP contribution >= 0.6 is 11.3 Å². The van der Waals surface area contributed by atoms with E-state index >= 15 is 0 Å². The van der Waals surface area contributed by atoms with Crippen LogP contribution in [0.4, 0.5) is 11.5 Å². The van der Waals surface area contributed by atoms with E-state index in [4.69, 9.17) is 4.98 Å². The molecular formula is C29H25N5OS. The lowest BCUT2D eigenvalue weighted by molar-refractivity contribution is 0.0950. The Labute approximate surface area is 214 Å². The summed E-state index contributed by atoms with van der Waals surface area (Å²) >= 11 is 1.58. The predicted octanol–water partition coefficient (Wildman–Crippen LogP) is 6.56. The molecule has 0 saturated heterocycles. The molecule has 0 aliphatic heterocycles. The maximum atomic E-state index is 12.9. The second-order valence-corrected chi connectivity index (χ2v) is 9.26. The lowest BCUT2D eigenvalue weighted by Crippen LogP contribution is -2.23. The number of nitrogens with zero attached hydrogens (tertiary/aromatic N) is 3. The van der Waals surface area contributed by atoms with Gasteiger partial charge in [0.2, 0.25) is 0 Å². The van der Waals surface area contributed by atoms with Crippen molar-refractivity contribution in [3.05, 3.63) is 113 Å². The summed E-state index contributed by atoms with van der Waals surface area (Å²) in [6, 6.07) is 27.4. The van der Waals surface area contributed by atoms with Crippen molar-refractivity contribution in [2.75, 3.05) is 5.32 Å². The first-order chi connectivity index (χ1) is 17.5. The third kappa shape index (κ3) is 5.47. The van der Waals surface area contributed by atoms with Crippen LogP contribution in [-0.4, -0.2) is 20.9 Å². The van der Waals surface area contributed by atoms with Gasteiger partial charge in [0, 0.05) is 33.8 Å². The summed E-state index contributed by atoms with van der Waals surface area (Å²) in [5.41, 5.74) is 6.33. The highest BCUT2D eigenvalue weighted by atomic mass is 32.1. The number of carbonyl (C=O) groups excluding carboxylic acids is 1. The number of amides is 1. The zero-order chi connectivity index (χ0) is 24.9. The van der Waals surface area contributed by atoms with Gasteiger partial charge >= 0.3 is 0 Å². The molecule has 2 aromatic heterocycles. The number of thiazole rings is 1. The lowest BCUT2D eigenvalue weighted by Gasteiger charge is -2.10. The van der Waals surface area contributed by atoms with Crippen LogP contribution in [0.3, 0.4) is 0 Å². The molecule has 0 unspecified atom stereocenters. The minimum Gasteiger partial charge on any atom is -0.346 e. The van der Waals surface area contributed by atoms with E-state index in [0.717, 1.165) is 33.2 Å². The Balaban J connectivity index is 1.26. The third-order valence-corrected chi connectivity index (χ3v) is 6.59. The maximum Gasteiger partial charge on any atom is 0.251 e. The van der Waals surface area contributed by atoms with Gasteiger partial charge in [-0.25, -0.2) is 15.0 Å². The molecule has 5 rings (SSSR count). The molecule has 0 radical (unpaired) electrons. The maximum absolute atomic E-state index is 12.9. The average Bonchev–Trinajstić information content (AvgIpc) is 3.37. The standard InChI is InChI=1S/C29H25N5OS/c1-19-9-6-7-14-25(19)29-34-24(18-36-29)17-30-28(35)22-12-8-13-23(15-22)33-27-16-26(31-20(2)32-27)21-10-4-3-5-11-21/h3-16,18H,17H2,1-2H3,(H,30,35)(H,31,32,33). The van der Waals surface area contributed by atoms with Crippen LogP contribution in [0.2, 0.25) is 0 Å². The zero-order valence-electron chi connectivity index (χ0n) is 20.0. The van der Waals surface area contributed by atoms with Crippen molar-refractivity contribution >= 4 is 28.7 Å². The van der Waals surface area contributed by atoms with Gasteiger partial charge in [-0.05, 0) is 37.6 Å². The van der Waals surface area contributed by atoms with Crippen LogP contribution < -0.4 is 10.6 Å². The molecule has 2 heterocycles. The summed E-state index contributed by atoms with van der Waals surface area (Å²) in [7, 11) is 0. The zero-order valence-corrected chi connectivity index (χ0v) is 20.8. The van der Waals surface area contributed by atoms with Crippen molar-refractivity contribution in [3.63, 3.8) is 0 Å². The van der Waals surface area contributed by atoms with Gasteiger partial charge in [0.25, 0.3) is 5.91 Å². The van der Waals surface area contributed by atoms with E-state index in [0.29, 0.717) is 23.8 Å². The molecule has 0 saturated carbocycles. The SMILES string of the molecule is Cc1nc(Nc2cccc(C(=O)NCc3csc(-c4ccccc4C)n3)c2)cc(-c2ccccc2)n1. The van der Waals surface area contributed by atoms with Gasteiger partial charge in [0.05, 0.1) is 17.9 Å². The summed E-state index contributed by atoms with van der Waals surface area (Å²) in [5, 5.41) is 9.23. The molecule has 0 aliphatic rings. The lowest BCUT2D eigenvalue weighted by atomic mass is 10.1. The van der Waals surface area contributed by atoms with Crippen LogP contribution in [0.25, 0.3) is 21.8 Å². The molecule has 2 N–H and O–H groups in total. The Morgan fingerprint density at radius 1 is 0.861 bits per heavy atom. The summed E-state index contributed by atoms with van der Waals surface area (Å²) in [5.74, 6) is 1.18. The van der Waals surface area contributed by atoms with Gasteiger partial charge in [0.15, 0.2) is 0 Å². The number of carbonyl (C=O) groups is 1. The number of benzene rings is 3. The molecule has 0 atom stereocenters. The molecule has 0 fully saturated rings. The Kier molecular flexibility index (Phi) is 6.82. The monoisotopic (exact) mass is 491 g/mol. The largest absolute Gasteiger partial charge is 0.346 e. The van der Waals surface area contributed by atoms with Crippen molar-refractivity contribution in [1.29, 1.82) is 0 Å². The summed E-state index contributed by atoms with van der Waals surface area (Å²) < 4.78 is 0. The molecular weight excluding hydrogens is 466 g/mol. The highest BCUT2D eigenvalue weighted by Crippen LogP contribution is 2.27. The molecule has 5 aromatic rings. The Morgan fingerprint density at radius 2 is 1.67 bits per heavy atom. The van der Waals surface area contributed by atoms with Crippen molar-refractivity contribution in [3.8, 4) is 21.8 Å². The fraction of sp³-hybridized carbons (Fsp3) is 0.103. The van der Waals surface area contributed by atoms with Gasteiger partial charge < -0.3 is 10.6 Å². The number of hydrogen-bond acceptors (Lipinski definition) is 6. The van der Waals surface area contributed by atoms with Gasteiger partial charge in [0.1, 0.15) is 16.6 Å². The highest BCUT2D eigenvalue weighted by Gasteiger charge is 2.11. The number of rotatable bonds is 7. The van der Waals surface area contributed by atoms with Crippen molar-refractivity contribution in [2.45, 2.75) is 20.4 Å². The first-order valence-corrected chi connectivity index (χ1v) is 12.5. The number of aromatic nitrogens is 3. The average molecular weight is 492 g/mol. The van der Waals surface area contributed by atoms with E-state index in [2.05, 4.69) is 39.7 Å². The Hall–Kier alpha value is -4.36. The third-order valence-electron chi connectivity index (χ3n) is 5.66. The predicted molar refractivity (Wildman–Crippen MR) is 145 cm³/mol. The quantitative estimate of drug-likeness (QED) is 0.270. The number of nitrogens with one attached hydrogen (secondary N) is 2. The summed E-state index contributed by atoms with van der Waals surface area (Å²) in [6.45, 7) is 4.30. The van der Waals surface area contributed by atoms with Crippen LogP contribution in [-0.2, 0) is 6.54 Å². The first kappa shape index (κ1) is 23.4. The smallest absolute Gasteiger partial charge is 0.251 e. The van der Waals surface area contributed by atoms with Crippen molar-refractivity contribution < 1.29 is 4.79 Å². The van der Waals surface area contributed by atoms with Crippen molar-refractivity contribution in [2.24, 2.45) is 0 Å². The van der Waals surface area contributed by atoms with E-state index in [1.54, 1.807) is 17.4 Å². The van der Waals surface area contributed by atoms with Crippen LogP contribution in [0.1, 0.15) is 27.4 Å². The molecule has 3 aromatic carbocycles. The molecule has 0 spiro atoms. The Morgan fingerprint density at radius 3 is 2.50 bits per heavy atom. The van der Waals surface area contributed by atoms with Gasteiger partial charge in [-0.3, -0.25) is 4.79 Å². The second-order valence-electron chi connectivity index (χ2n) is 8.40. The fourth-order valence-corrected chi connectivity index (χ4v) is 4.78. The molecule has 0 bridgehead atoms. The van der Waals surface area contributed by atoms with Crippen LogP contribution in [0, 0.1) is 13.8 Å². The minimum atomic E-state index is -0.159. The summed E-state index contributed by atoms with van der Waals surface area (Å²) in [6.07, 6.45) is 0. The fourth-order valence-electron chi connectivity index (χ4n) is 3.87. The molecule has 0 aliphatic carbocycles. The van der Waals surface area contributed by atoms with Gasteiger partial charge in [-0.1, -0.05) is 60.7 Å². The molecule has 7 heteroatoms. The number of anilines is 2. The van der Waals surface area contributed by atoms with Crippen LogP contribution in [0.15, 0.2) is 90.3 Å². The topological polar surface area (TPSA) is 79.8 Å². The first-order valence-electron chi connectivity index (χ1n) is 11.6. The van der Waals surface area contributed by atoms with E-state index in [1.165, 1.54) is 5.56 Å². The van der Waals surface area contributed by atoms with Gasteiger partial charge in [-0.2, -0.15) is 0 Å². The van der Waals surface area contributed by atoms with Gasteiger partial charge in [-0.15, -0.1) is 11.3 Å². The van der Waals surface area contributed by atoms with Crippen molar-refractivity contribution in [1.82, 2.24) is 20.3 Å². The van der Waals surface area contributed by atoms with E-state index < -0.39 is 0 Å². The normalized spacial score (nSPS) is 10.7. The number of aryl methyl sites for hydroxylation is 2. The second kappa shape index (κ2) is 10.5.